The third-order valence-corrected chi connectivity index (χ3v) is 4.60. The van der Waals surface area contributed by atoms with Crippen LogP contribution in [0.2, 0.25) is 0 Å². The van der Waals surface area contributed by atoms with E-state index in [2.05, 4.69) is 15.9 Å². The summed E-state index contributed by atoms with van der Waals surface area (Å²) in [7, 11) is 1.70. The summed E-state index contributed by atoms with van der Waals surface area (Å²) in [5.74, 6) is -0.679. The van der Waals surface area contributed by atoms with Gasteiger partial charge in [-0.05, 0) is 49.8 Å². The van der Waals surface area contributed by atoms with E-state index in [1.165, 1.54) is 0 Å². The van der Waals surface area contributed by atoms with E-state index in [-0.39, 0.29) is 6.10 Å². The molecule has 0 amide bonds. The summed E-state index contributed by atoms with van der Waals surface area (Å²) in [4.78, 5) is 11.7. The van der Waals surface area contributed by atoms with Crippen LogP contribution in [-0.2, 0) is 16.0 Å². The maximum atomic E-state index is 11.7. The molecular formula is C15H19BrO3. The highest BCUT2D eigenvalue weighted by atomic mass is 79.9. The molecule has 4 heteroatoms. The van der Waals surface area contributed by atoms with Gasteiger partial charge in [-0.1, -0.05) is 28.1 Å². The molecule has 19 heavy (non-hydrogen) atoms. The van der Waals surface area contributed by atoms with E-state index in [1.807, 2.05) is 24.3 Å². The number of benzene rings is 1. The van der Waals surface area contributed by atoms with Crippen LogP contribution >= 0.6 is 15.9 Å². The van der Waals surface area contributed by atoms with Gasteiger partial charge in [-0.15, -0.1) is 0 Å². The van der Waals surface area contributed by atoms with Crippen molar-refractivity contribution < 1.29 is 14.6 Å². The number of rotatable bonds is 4. The molecule has 2 rings (SSSR count). The molecule has 0 heterocycles. The molecule has 0 unspecified atom stereocenters. The predicted octanol–water partition coefficient (Wildman–Crippen LogP) is 3.65. The summed E-state index contributed by atoms with van der Waals surface area (Å²) in [5.41, 5.74) is 0.447. The first-order chi connectivity index (χ1) is 9.05. The van der Waals surface area contributed by atoms with E-state index in [1.54, 1.807) is 7.11 Å². The van der Waals surface area contributed by atoms with Crippen LogP contribution in [0.15, 0.2) is 28.7 Å². The van der Waals surface area contributed by atoms with Crippen LogP contribution in [0.25, 0.3) is 0 Å². The molecule has 1 aliphatic rings. The van der Waals surface area contributed by atoms with Crippen LogP contribution in [0.1, 0.15) is 31.2 Å². The van der Waals surface area contributed by atoms with Crippen LogP contribution in [0.5, 0.6) is 0 Å². The lowest BCUT2D eigenvalue weighted by Crippen LogP contribution is -2.39. The van der Waals surface area contributed by atoms with Crippen molar-refractivity contribution in [2.24, 2.45) is 5.41 Å². The van der Waals surface area contributed by atoms with E-state index < -0.39 is 11.4 Å². The van der Waals surface area contributed by atoms with Gasteiger partial charge in [0.2, 0.25) is 0 Å². The van der Waals surface area contributed by atoms with Gasteiger partial charge in [0.25, 0.3) is 0 Å². The minimum atomic E-state index is -0.679. The first-order valence-electron chi connectivity index (χ1n) is 6.56. The van der Waals surface area contributed by atoms with E-state index in [9.17, 15) is 9.90 Å². The molecule has 1 aromatic rings. The molecule has 0 saturated heterocycles. The molecule has 0 radical (unpaired) electrons. The molecule has 0 aliphatic heterocycles. The smallest absolute Gasteiger partial charge is 0.309 e. The Kier molecular flexibility index (Phi) is 4.63. The third-order valence-electron chi connectivity index (χ3n) is 4.11. The zero-order chi connectivity index (χ0) is 13.9. The van der Waals surface area contributed by atoms with Crippen molar-refractivity contribution in [2.75, 3.05) is 7.11 Å². The number of carbonyl (C=O) groups is 1. The van der Waals surface area contributed by atoms with Gasteiger partial charge in [0, 0.05) is 11.6 Å². The van der Waals surface area contributed by atoms with Gasteiger partial charge in [-0.2, -0.15) is 0 Å². The van der Waals surface area contributed by atoms with Crippen molar-refractivity contribution in [1.29, 1.82) is 0 Å². The van der Waals surface area contributed by atoms with Gasteiger partial charge in [-0.3, -0.25) is 4.79 Å². The first kappa shape index (κ1) is 14.5. The lowest BCUT2D eigenvalue weighted by atomic mass is 9.69. The lowest BCUT2D eigenvalue weighted by molar-refractivity contribution is -0.152. The number of hydrogen-bond acceptors (Lipinski definition) is 2. The van der Waals surface area contributed by atoms with Crippen molar-refractivity contribution in [3.8, 4) is 0 Å². The fourth-order valence-electron chi connectivity index (χ4n) is 2.88. The van der Waals surface area contributed by atoms with Crippen molar-refractivity contribution in [2.45, 2.75) is 38.2 Å². The summed E-state index contributed by atoms with van der Waals surface area (Å²) < 4.78 is 6.33. The summed E-state index contributed by atoms with van der Waals surface area (Å²) in [6, 6.07) is 7.92. The van der Waals surface area contributed by atoms with Gasteiger partial charge in [0.1, 0.15) is 0 Å². The van der Waals surface area contributed by atoms with Gasteiger partial charge in [0.15, 0.2) is 0 Å². The van der Waals surface area contributed by atoms with Crippen molar-refractivity contribution in [1.82, 2.24) is 0 Å². The Balaban J connectivity index is 2.15. The average Bonchev–Trinajstić information content (AvgIpc) is 2.39. The van der Waals surface area contributed by atoms with Crippen LogP contribution in [0.3, 0.4) is 0 Å². The minimum Gasteiger partial charge on any atom is -0.481 e. The summed E-state index contributed by atoms with van der Waals surface area (Å²) in [6.45, 7) is 0. The molecule has 1 saturated carbocycles. The molecule has 0 aromatic heterocycles. The predicted molar refractivity (Wildman–Crippen MR) is 77.2 cm³/mol. The SMILES string of the molecule is COC1CCC(Cc2cccc(Br)c2)(C(=O)O)CC1. The van der Waals surface area contributed by atoms with Crippen molar-refractivity contribution in [3.63, 3.8) is 0 Å². The number of ether oxygens (including phenoxy) is 1. The fourth-order valence-corrected chi connectivity index (χ4v) is 3.33. The summed E-state index contributed by atoms with van der Waals surface area (Å²) in [6.07, 6.45) is 3.85. The fraction of sp³-hybridized carbons (Fsp3) is 0.533. The second-order valence-electron chi connectivity index (χ2n) is 5.33. The molecule has 3 nitrogen and oxygen atoms in total. The van der Waals surface area contributed by atoms with Crippen LogP contribution in [0, 0.1) is 5.41 Å². The molecule has 1 aliphatic carbocycles. The Morgan fingerprint density at radius 2 is 2.16 bits per heavy atom. The third kappa shape index (κ3) is 3.37. The molecule has 0 bridgehead atoms. The maximum absolute atomic E-state index is 11.7. The van der Waals surface area contributed by atoms with Crippen molar-refractivity contribution >= 4 is 21.9 Å². The number of carboxylic acid groups (broad SMARTS) is 1. The molecular weight excluding hydrogens is 308 g/mol. The Labute approximate surface area is 122 Å². The molecule has 1 fully saturated rings. The second-order valence-corrected chi connectivity index (χ2v) is 6.24. The number of aliphatic carboxylic acids is 1. The minimum absolute atomic E-state index is 0.218. The number of hydrogen-bond donors (Lipinski definition) is 1. The van der Waals surface area contributed by atoms with Gasteiger partial charge in [0.05, 0.1) is 11.5 Å². The quantitative estimate of drug-likeness (QED) is 0.918. The van der Waals surface area contributed by atoms with Crippen LogP contribution in [-0.4, -0.2) is 24.3 Å². The largest absolute Gasteiger partial charge is 0.481 e. The van der Waals surface area contributed by atoms with Crippen molar-refractivity contribution in [3.05, 3.63) is 34.3 Å². The second kappa shape index (κ2) is 6.06. The average molecular weight is 327 g/mol. The van der Waals surface area contributed by atoms with Gasteiger partial charge in [-0.25, -0.2) is 0 Å². The topological polar surface area (TPSA) is 46.5 Å². The molecule has 1 aromatic carbocycles. The van der Waals surface area contributed by atoms with E-state index in [4.69, 9.17) is 4.74 Å². The standard InChI is InChI=1S/C15H19BrO3/c1-19-13-5-7-15(8-6-13,14(17)18)10-11-3-2-4-12(16)9-11/h2-4,9,13H,5-8,10H2,1H3,(H,17,18). The first-order valence-corrected chi connectivity index (χ1v) is 7.36. The Hall–Kier alpha value is -0.870. The van der Waals surface area contributed by atoms with Gasteiger partial charge < -0.3 is 9.84 Å². The lowest BCUT2D eigenvalue weighted by Gasteiger charge is -2.36. The summed E-state index contributed by atoms with van der Waals surface area (Å²) >= 11 is 3.43. The zero-order valence-electron chi connectivity index (χ0n) is 11.1. The monoisotopic (exact) mass is 326 g/mol. The Morgan fingerprint density at radius 1 is 1.47 bits per heavy atom. The number of carboxylic acids is 1. The Bertz CT molecular complexity index is 450. The normalized spacial score (nSPS) is 27.2. The molecule has 0 atom stereocenters. The van der Waals surface area contributed by atoms with E-state index >= 15 is 0 Å². The highest BCUT2D eigenvalue weighted by Crippen LogP contribution is 2.40. The van der Waals surface area contributed by atoms with Crippen LogP contribution < -0.4 is 0 Å². The molecule has 0 spiro atoms. The number of methoxy groups -OCH3 is 1. The van der Waals surface area contributed by atoms with E-state index in [0.29, 0.717) is 19.3 Å². The number of halogens is 1. The van der Waals surface area contributed by atoms with Crippen LogP contribution in [0.4, 0.5) is 0 Å². The molecule has 104 valence electrons. The summed E-state index contributed by atoms with van der Waals surface area (Å²) in [5, 5.41) is 9.63. The van der Waals surface area contributed by atoms with E-state index in [0.717, 1.165) is 22.9 Å². The molecule has 1 N–H and O–H groups in total. The zero-order valence-corrected chi connectivity index (χ0v) is 12.6. The highest BCUT2D eigenvalue weighted by Gasteiger charge is 2.42. The Morgan fingerprint density at radius 3 is 2.68 bits per heavy atom. The highest BCUT2D eigenvalue weighted by molar-refractivity contribution is 9.10. The maximum Gasteiger partial charge on any atom is 0.309 e. The van der Waals surface area contributed by atoms with Gasteiger partial charge >= 0.3 is 5.97 Å².